The van der Waals surface area contributed by atoms with E-state index in [1.165, 1.54) is 18.5 Å². The second-order valence-electron chi connectivity index (χ2n) is 6.42. The Labute approximate surface area is 149 Å². The van der Waals surface area contributed by atoms with Crippen molar-refractivity contribution in [1.82, 2.24) is 0 Å². The molecular formula is C21H26N2O2. The van der Waals surface area contributed by atoms with Gasteiger partial charge in [-0.1, -0.05) is 19.4 Å². The first-order chi connectivity index (χ1) is 12.3. The van der Waals surface area contributed by atoms with Gasteiger partial charge in [-0.25, -0.2) is 0 Å². The first-order valence-electron chi connectivity index (χ1n) is 9.15. The van der Waals surface area contributed by atoms with Crippen molar-refractivity contribution >= 4 is 17.3 Å². The lowest BCUT2D eigenvalue weighted by Crippen LogP contribution is -2.17. The number of amides is 1. The molecule has 4 heteroatoms. The summed E-state index contributed by atoms with van der Waals surface area (Å²) in [5, 5.41) is 2.96. The Hall–Kier alpha value is -2.49. The number of hydrogen-bond donors (Lipinski definition) is 1. The van der Waals surface area contributed by atoms with Gasteiger partial charge in [0.25, 0.3) is 5.91 Å². The van der Waals surface area contributed by atoms with E-state index in [4.69, 9.17) is 4.74 Å². The second kappa shape index (κ2) is 8.56. The van der Waals surface area contributed by atoms with Gasteiger partial charge in [0.1, 0.15) is 5.75 Å². The van der Waals surface area contributed by atoms with E-state index in [-0.39, 0.29) is 5.91 Å². The first kappa shape index (κ1) is 17.3. The molecule has 1 aliphatic heterocycles. The number of carbonyl (C=O) groups excluding carboxylic acids is 1. The summed E-state index contributed by atoms with van der Waals surface area (Å²) < 4.78 is 5.67. The fraction of sp³-hybridized carbons (Fsp3) is 0.381. The summed E-state index contributed by atoms with van der Waals surface area (Å²) in [6.07, 6.45) is 4.62. The highest BCUT2D eigenvalue weighted by atomic mass is 16.5. The zero-order valence-electron chi connectivity index (χ0n) is 14.8. The molecular weight excluding hydrogens is 312 g/mol. The van der Waals surface area contributed by atoms with Crippen molar-refractivity contribution < 1.29 is 9.53 Å². The Morgan fingerprint density at radius 2 is 1.88 bits per heavy atom. The molecule has 1 saturated heterocycles. The highest BCUT2D eigenvalue weighted by molar-refractivity contribution is 6.04. The predicted octanol–water partition coefficient (Wildman–Crippen LogP) is 4.72. The van der Waals surface area contributed by atoms with Crippen LogP contribution in [0.1, 0.15) is 43.0 Å². The minimum atomic E-state index is -0.116. The van der Waals surface area contributed by atoms with E-state index in [0.717, 1.165) is 37.4 Å². The van der Waals surface area contributed by atoms with Gasteiger partial charge in [-0.3, -0.25) is 4.79 Å². The molecule has 0 atom stereocenters. The fourth-order valence-corrected chi connectivity index (χ4v) is 3.00. The summed E-state index contributed by atoms with van der Waals surface area (Å²) >= 11 is 0. The summed E-state index contributed by atoms with van der Waals surface area (Å²) in [7, 11) is 0. The molecule has 1 aliphatic rings. The number of unbranched alkanes of at least 4 members (excludes halogenated alkanes) is 1. The lowest BCUT2D eigenvalue weighted by Gasteiger charge is -2.17. The molecule has 0 saturated carbocycles. The maximum absolute atomic E-state index is 12.5. The van der Waals surface area contributed by atoms with Gasteiger partial charge in [-0.2, -0.15) is 0 Å². The zero-order chi connectivity index (χ0) is 17.5. The lowest BCUT2D eigenvalue weighted by molar-refractivity contribution is 0.102. The third kappa shape index (κ3) is 4.75. The number of rotatable bonds is 7. The van der Waals surface area contributed by atoms with Crippen LogP contribution in [-0.2, 0) is 0 Å². The van der Waals surface area contributed by atoms with Crippen molar-refractivity contribution in [3.8, 4) is 5.75 Å². The number of nitrogens with one attached hydrogen (secondary N) is 1. The molecule has 0 aromatic heterocycles. The van der Waals surface area contributed by atoms with Gasteiger partial charge < -0.3 is 15.0 Å². The average molecular weight is 338 g/mol. The summed E-state index contributed by atoms with van der Waals surface area (Å²) in [5.41, 5.74) is 2.64. The van der Waals surface area contributed by atoms with Crippen molar-refractivity contribution in [3.63, 3.8) is 0 Å². The maximum Gasteiger partial charge on any atom is 0.255 e. The highest BCUT2D eigenvalue weighted by Crippen LogP contribution is 2.22. The Kier molecular flexibility index (Phi) is 5.94. The largest absolute Gasteiger partial charge is 0.494 e. The Morgan fingerprint density at radius 1 is 1.12 bits per heavy atom. The van der Waals surface area contributed by atoms with Crippen LogP contribution in [0.2, 0.25) is 0 Å². The molecule has 1 amide bonds. The zero-order valence-corrected chi connectivity index (χ0v) is 14.8. The van der Waals surface area contributed by atoms with Gasteiger partial charge in [0.2, 0.25) is 0 Å². The van der Waals surface area contributed by atoms with Crippen molar-refractivity contribution in [2.24, 2.45) is 0 Å². The van der Waals surface area contributed by atoms with Gasteiger partial charge in [0.15, 0.2) is 0 Å². The van der Waals surface area contributed by atoms with Crippen LogP contribution in [-0.4, -0.2) is 25.6 Å². The molecule has 4 nitrogen and oxygen atoms in total. The SMILES string of the molecule is CCCCOc1cccc(C(=O)Nc2ccc(N3CCCC3)cc2)c1. The van der Waals surface area contributed by atoms with E-state index in [0.29, 0.717) is 12.2 Å². The summed E-state index contributed by atoms with van der Waals surface area (Å²) in [5.74, 6) is 0.625. The number of carbonyl (C=O) groups is 1. The number of nitrogens with zero attached hydrogens (tertiary/aromatic N) is 1. The highest BCUT2D eigenvalue weighted by Gasteiger charge is 2.12. The molecule has 1 N–H and O–H groups in total. The minimum Gasteiger partial charge on any atom is -0.494 e. The second-order valence-corrected chi connectivity index (χ2v) is 6.42. The Bertz CT molecular complexity index is 691. The molecule has 25 heavy (non-hydrogen) atoms. The third-order valence-electron chi connectivity index (χ3n) is 4.46. The number of hydrogen-bond acceptors (Lipinski definition) is 3. The van der Waals surface area contributed by atoms with Crippen molar-refractivity contribution in [2.45, 2.75) is 32.6 Å². The lowest BCUT2D eigenvalue weighted by atomic mass is 10.2. The topological polar surface area (TPSA) is 41.6 Å². The van der Waals surface area contributed by atoms with Crippen LogP contribution < -0.4 is 15.0 Å². The summed E-state index contributed by atoms with van der Waals surface area (Å²) in [4.78, 5) is 14.8. The van der Waals surface area contributed by atoms with Gasteiger partial charge in [-0.05, 0) is 61.7 Å². The number of anilines is 2. The van der Waals surface area contributed by atoms with Crippen LogP contribution in [0.4, 0.5) is 11.4 Å². The summed E-state index contributed by atoms with van der Waals surface area (Å²) in [6, 6.07) is 15.4. The number of ether oxygens (including phenoxy) is 1. The monoisotopic (exact) mass is 338 g/mol. The fourth-order valence-electron chi connectivity index (χ4n) is 3.00. The average Bonchev–Trinajstić information content (AvgIpc) is 3.17. The molecule has 3 rings (SSSR count). The van der Waals surface area contributed by atoms with Gasteiger partial charge in [0.05, 0.1) is 6.61 Å². The third-order valence-corrected chi connectivity index (χ3v) is 4.46. The smallest absolute Gasteiger partial charge is 0.255 e. The number of benzene rings is 2. The quantitative estimate of drug-likeness (QED) is 0.743. The van der Waals surface area contributed by atoms with E-state index < -0.39 is 0 Å². The van der Waals surface area contributed by atoms with Crippen LogP contribution in [0.25, 0.3) is 0 Å². The van der Waals surface area contributed by atoms with E-state index in [1.54, 1.807) is 12.1 Å². The Morgan fingerprint density at radius 3 is 2.60 bits per heavy atom. The molecule has 1 fully saturated rings. The van der Waals surface area contributed by atoms with Crippen molar-refractivity contribution in [1.29, 1.82) is 0 Å². The first-order valence-corrected chi connectivity index (χ1v) is 9.15. The van der Waals surface area contributed by atoms with E-state index in [9.17, 15) is 4.79 Å². The normalized spacial score (nSPS) is 13.7. The summed E-state index contributed by atoms with van der Waals surface area (Å²) in [6.45, 7) is 5.05. The molecule has 0 unspecified atom stereocenters. The van der Waals surface area contributed by atoms with E-state index in [1.807, 2.05) is 24.3 Å². The Balaban J connectivity index is 1.60. The van der Waals surface area contributed by atoms with Crippen LogP contribution in [0.5, 0.6) is 5.75 Å². The molecule has 0 bridgehead atoms. The minimum absolute atomic E-state index is 0.116. The molecule has 1 heterocycles. The molecule has 0 aliphatic carbocycles. The van der Waals surface area contributed by atoms with Crippen LogP contribution >= 0.6 is 0 Å². The molecule has 0 spiro atoms. The molecule has 0 radical (unpaired) electrons. The standard InChI is InChI=1S/C21H26N2O2/c1-2-3-15-25-20-8-6-7-17(16-20)21(24)22-18-9-11-19(12-10-18)23-13-4-5-14-23/h6-12,16H,2-5,13-15H2,1H3,(H,22,24). The van der Waals surface area contributed by atoms with E-state index >= 15 is 0 Å². The molecule has 2 aromatic carbocycles. The van der Waals surface area contributed by atoms with Crippen molar-refractivity contribution in [2.75, 3.05) is 29.9 Å². The van der Waals surface area contributed by atoms with E-state index in [2.05, 4.69) is 29.3 Å². The van der Waals surface area contributed by atoms with Crippen LogP contribution in [0.3, 0.4) is 0 Å². The molecule has 132 valence electrons. The van der Waals surface area contributed by atoms with Crippen LogP contribution in [0.15, 0.2) is 48.5 Å². The van der Waals surface area contributed by atoms with Gasteiger partial charge in [-0.15, -0.1) is 0 Å². The maximum atomic E-state index is 12.5. The molecule has 2 aromatic rings. The van der Waals surface area contributed by atoms with Gasteiger partial charge in [0, 0.05) is 30.0 Å². The van der Waals surface area contributed by atoms with Crippen LogP contribution in [0, 0.1) is 0 Å². The predicted molar refractivity (Wildman–Crippen MR) is 103 cm³/mol. The van der Waals surface area contributed by atoms with Crippen molar-refractivity contribution in [3.05, 3.63) is 54.1 Å². The van der Waals surface area contributed by atoms with Gasteiger partial charge >= 0.3 is 0 Å².